The Morgan fingerprint density at radius 1 is 1.19 bits per heavy atom. The van der Waals surface area contributed by atoms with E-state index in [1.165, 1.54) is 5.56 Å². The molecule has 0 aliphatic heterocycles. The van der Waals surface area contributed by atoms with E-state index in [1.54, 1.807) is 7.11 Å². The molecule has 3 aromatic rings. The van der Waals surface area contributed by atoms with Crippen LogP contribution in [0.2, 0.25) is 5.02 Å². The van der Waals surface area contributed by atoms with Crippen molar-refractivity contribution in [3.8, 4) is 11.4 Å². The lowest BCUT2D eigenvalue weighted by atomic mass is 10.2. The van der Waals surface area contributed by atoms with Crippen molar-refractivity contribution in [1.82, 2.24) is 9.55 Å². The summed E-state index contributed by atoms with van der Waals surface area (Å²) < 4.78 is 8.08. The van der Waals surface area contributed by atoms with Crippen molar-refractivity contribution < 1.29 is 4.74 Å². The monoisotopic (exact) mass is 318 g/mol. The summed E-state index contributed by atoms with van der Waals surface area (Å²) in [5, 5.41) is 0.679. The minimum Gasteiger partial charge on any atom is -0.495 e. The molecular formula is C16H15ClN2OS. The highest BCUT2D eigenvalue weighted by Crippen LogP contribution is 2.32. The third kappa shape index (κ3) is 2.34. The van der Waals surface area contributed by atoms with E-state index in [0.29, 0.717) is 15.5 Å². The molecule has 0 saturated carbocycles. The smallest absolute Gasteiger partial charge is 0.182 e. The van der Waals surface area contributed by atoms with E-state index in [2.05, 4.69) is 30.1 Å². The fourth-order valence-electron chi connectivity index (χ4n) is 2.45. The summed E-state index contributed by atoms with van der Waals surface area (Å²) in [7, 11) is 1.63. The summed E-state index contributed by atoms with van der Waals surface area (Å²) in [5.74, 6) is 0.697. The van der Waals surface area contributed by atoms with Gasteiger partial charge in [0, 0.05) is 11.1 Å². The first-order valence-corrected chi connectivity index (χ1v) is 7.36. The number of nitrogens with one attached hydrogen (secondary N) is 1. The van der Waals surface area contributed by atoms with Crippen molar-refractivity contribution in [3.05, 3.63) is 51.3 Å². The van der Waals surface area contributed by atoms with Crippen LogP contribution in [-0.2, 0) is 0 Å². The van der Waals surface area contributed by atoms with Gasteiger partial charge < -0.3 is 9.72 Å². The number of aryl methyl sites for hydroxylation is 2. The van der Waals surface area contributed by atoms with E-state index in [0.717, 1.165) is 22.3 Å². The predicted octanol–water partition coefficient (Wildman–Crippen LogP) is 4.97. The average molecular weight is 319 g/mol. The highest BCUT2D eigenvalue weighted by molar-refractivity contribution is 7.71. The normalized spacial score (nSPS) is 11.0. The Kier molecular flexibility index (Phi) is 3.51. The number of aromatic amines is 1. The quantitative estimate of drug-likeness (QED) is 0.676. The van der Waals surface area contributed by atoms with Crippen LogP contribution in [-0.4, -0.2) is 16.7 Å². The van der Waals surface area contributed by atoms with Crippen LogP contribution in [0.3, 0.4) is 0 Å². The molecule has 0 unspecified atom stereocenters. The first kappa shape index (κ1) is 14.2. The Hall–Kier alpha value is -1.78. The number of imidazole rings is 1. The molecule has 5 heteroatoms. The maximum absolute atomic E-state index is 6.18. The van der Waals surface area contributed by atoms with E-state index >= 15 is 0 Å². The van der Waals surface area contributed by atoms with Crippen LogP contribution in [0.1, 0.15) is 11.1 Å². The Morgan fingerprint density at radius 2 is 1.95 bits per heavy atom. The Labute approximate surface area is 133 Å². The standard InChI is InChI=1S/C16H15ClN2OS/c1-9-4-5-13-12(6-9)18-16(21)19(13)14-7-10(2)11(17)8-15(14)20-3/h4-8H,1-3H3,(H,18,21). The second kappa shape index (κ2) is 5.20. The van der Waals surface area contributed by atoms with E-state index < -0.39 is 0 Å². The molecule has 0 aliphatic carbocycles. The van der Waals surface area contributed by atoms with Gasteiger partial charge in [-0.2, -0.15) is 0 Å². The van der Waals surface area contributed by atoms with Crippen molar-refractivity contribution in [2.45, 2.75) is 13.8 Å². The summed E-state index contributed by atoms with van der Waals surface area (Å²) in [4.78, 5) is 3.24. The molecule has 0 amide bonds. The van der Waals surface area contributed by atoms with Crippen LogP contribution in [0.5, 0.6) is 5.75 Å². The molecule has 1 aromatic heterocycles. The lowest BCUT2D eigenvalue weighted by Gasteiger charge is -2.12. The molecule has 1 N–H and O–H groups in total. The summed E-state index contributed by atoms with van der Waals surface area (Å²) in [6, 6.07) is 10.0. The Balaban J connectivity index is 2.38. The number of nitrogens with zero attached hydrogens (tertiary/aromatic N) is 1. The molecule has 0 bridgehead atoms. The van der Waals surface area contributed by atoms with Crippen LogP contribution < -0.4 is 4.74 Å². The number of H-pyrrole nitrogens is 1. The highest BCUT2D eigenvalue weighted by atomic mass is 35.5. The lowest BCUT2D eigenvalue weighted by Crippen LogP contribution is -1.99. The number of benzene rings is 2. The van der Waals surface area contributed by atoms with Gasteiger partial charge >= 0.3 is 0 Å². The zero-order chi connectivity index (χ0) is 15.1. The van der Waals surface area contributed by atoms with Gasteiger partial charge in [0.1, 0.15) is 5.75 Å². The van der Waals surface area contributed by atoms with E-state index in [-0.39, 0.29) is 0 Å². The van der Waals surface area contributed by atoms with Crippen LogP contribution >= 0.6 is 23.8 Å². The predicted molar refractivity (Wildman–Crippen MR) is 89.5 cm³/mol. The van der Waals surface area contributed by atoms with Gasteiger partial charge in [-0.25, -0.2) is 0 Å². The topological polar surface area (TPSA) is 29.9 Å². The molecule has 0 aliphatic rings. The maximum Gasteiger partial charge on any atom is 0.182 e. The minimum absolute atomic E-state index is 0.635. The number of aromatic nitrogens is 2. The van der Waals surface area contributed by atoms with Crippen molar-refractivity contribution in [1.29, 1.82) is 0 Å². The number of rotatable bonds is 2. The molecule has 0 atom stereocenters. The van der Waals surface area contributed by atoms with Crippen LogP contribution in [0.25, 0.3) is 16.7 Å². The second-order valence-corrected chi connectivity index (χ2v) is 5.85. The van der Waals surface area contributed by atoms with E-state index in [9.17, 15) is 0 Å². The van der Waals surface area contributed by atoms with Gasteiger partial charge in [-0.3, -0.25) is 4.57 Å². The number of hydrogen-bond acceptors (Lipinski definition) is 2. The van der Waals surface area contributed by atoms with Crippen molar-refractivity contribution in [3.63, 3.8) is 0 Å². The van der Waals surface area contributed by atoms with Crippen molar-refractivity contribution >= 4 is 34.9 Å². The molecular weight excluding hydrogens is 304 g/mol. The number of hydrogen-bond donors (Lipinski definition) is 1. The fraction of sp³-hybridized carbons (Fsp3) is 0.188. The van der Waals surface area contributed by atoms with Gasteiger partial charge in [-0.15, -0.1) is 0 Å². The average Bonchev–Trinajstić information content (AvgIpc) is 2.76. The second-order valence-electron chi connectivity index (χ2n) is 5.06. The molecule has 0 radical (unpaired) electrons. The maximum atomic E-state index is 6.18. The van der Waals surface area contributed by atoms with E-state index in [1.807, 2.05) is 23.6 Å². The van der Waals surface area contributed by atoms with Gasteiger partial charge in [-0.05, 0) is 55.4 Å². The van der Waals surface area contributed by atoms with Crippen LogP contribution in [0, 0.1) is 18.6 Å². The molecule has 21 heavy (non-hydrogen) atoms. The number of halogens is 1. The van der Waals surface area contributed by atoms with Gasteiger partial charge in [0.25, 0.3) is 0 Å². The van der Waals surface area contributed by atoms with Gasteiger partial charge in [-0.1, -0.05) is 17.7 Å². The third-order valence-corrected chi connectivity index (χ3v) is 4.23. The third-order valence-electron chi connectivity index (χ3n) is 3.54. The fourth-order valence-corrected chi connectivity index (χ4v) is 2.91. The molecule has 2 aromatic carbocycles. The van der Waals surface area contributed by atoms with Crippen LogP contribution in [0.4, 0.5) is 0 Å². The summed E-state index contributed by atoms with van der Waals surface area (Å²) in [6.45, 7) is 4.02. The number of methoxy groups -OCH3 is 1. The first-order valence-electron chi connectivity index (χ1n) is 6.57. The van der Waals surface area contributed by atoms with Crippen molar-refractivity contribution in [2.24, 2.45) is 0 Å². The molecule has 0 saturated heterocycles. The van der Waals surface area contributed by atoms with Gasteiger partial charge in [0.05, 0.1) is 23.8 Å². The minimum atomic E-state index is 0.635. The molecule has 3 nitrogen and oxygen atoms in total. The Bertz CT molecular complexity index is 895. The van der Waals surface area contributed by atoms with Gasteiger partial charge in [0.15, 0.2) is 4.77 Å². The molecule has 1 heterocycles. The summed E-state index contributed by atoms with van der Waals surface area (Å²) >= 11 is 11.7. The molecule has 0 fully saturated rings. The largest absolute Gasteiger partial charge is 0.495 e. The number of ether oxygens (including phenoxy) is 1. The highest BCUT2D eigenvalue weighted by Gasteiger charge is 2.13. The SMILES string of the molecule is COc1cc(Cl)c(C)cc1-n1c(=S)[nH]c2cc(C)ccc21. The number of fused-ring (bicyclic) bond motifs is 1. The molecule has 108 valence electrons. The zero-order valence-electron chi connectivity index (χ0n) is 12.0. The van der Waals surface area contributed by atoms with Gasteiger partial charge in [0.2, 0.25) is 0 Å². The summed E-state index contributed by atoms with van der Waals surface area (Å²) in [5.41, 5.74) is 5.08. The van der Waals surface area contributed by atoms with E-state index in [4.69, 9.17) is 28.6 Å². The molecule has 3 rings (SSSR count). The first-order chi connectivity index (χ1) is 10.0. The van der Waals surface area contributed by atoms with Crippen molar-refractivity contribution in [2.75, 3.05) is 7.11 Å². The summed E-state index contributed by atoms with van der Waals surface area (Å²) in [6.07, 6.45) is 0. The lowest BCUT2D eigenvalue weighted by molar-refractivity contribution is 0.413. The molecule has 0 spiro atoms. The Morgan fingerprint density at radius 3 is 2.67 bits per heavy atom. The zero-order valence-corrected chi connectivity index (χ0v) is 13.6. The van der Waals surface area contributed by atoms with Crippen LogP contribution in [0.15, 0.2) is 30.3 Å².